The van der Waals surface area contributed by atoms with Crippen LogP contribution in [0.3, 0.4) is 0 Å². The van der Waals surface area contributed by atoms with Crippen molar-refractivity contribution in [3.8, 4) is 6.07 Å². The van der Waals surface area contributed by atoms with Crippen LogP contribution in [0, 0.1) is 31.0 Å². The predicted molar refractivity (Wildman–Crippen MR) is 67.1 cm³/mol. The first-order valence-corrected chi connectivity index (χ1v) is 5.50. The molecule has 0 spiro atoms. The second-order valence-electron chi connectivity index (χ2n) is 4.10. The summed E-state index contributed by atoms with van der Waals surface area (Å²) < 4.78 is 15.3. The molecule has 0 fully saturated rings. The Morgan fingerprint density at radius 2 is 2.11 bits per heavy atom. The van der Waals surface area contributed by atoms with E-state index in [2.05, 4.69) is 16.5 Å². The van der Waals surface area contributed by atoms with Crippen molar-refractivity contribution < 1.29 is 4.39 Å². The van der Waals surface area contributed by atoms with Crippen LogP contribution in [-0.4, -0.2) is 9.78 Å². The molecule has 1 aromatic carbocycles. The first-order chi connectivity index (χ1) is 8.54. The lowest BCUT2D eigenvalue weighted by molar-refractivity contribution is 0.630. The highest BCUT2D eigenvalue weighted by atomic mass is 19.1. The minimum absolute atomic E-state index is 0.349. The zero-order valence-electron chi connectivity index (χ0n) is 10.5. The minimum Gasteiger partial charge on any atom is -0.337 e. The Morgan fingerprint density at radius 3 is 2.72 bits per heavy atom. The van der Waals surface area contributed by atoms with E-state index in [4.69, 9.17) is 5.26 Å². The van der Waals surface area contributed by atoms with Crippen molar-refractivity contribution in [3.05, 3.63) is 40.8 Å². The largest absolute Gasteiger partial charge is 0.337 e. The molecule has 0 saturated heterocycles. The summed E-state index contributed by atoms with van der Waals surface area (Å²) in [4.78, 5) is 0. The van der Waals surface area contributed by atoms with Crippen LogP contribution in [0.2, 0.25) is 0 Å². The summed E-state index contributed by atoms with van der Waals surface area (Å²) in [5, 5.41) is 16.2. The SMILES string of the molecule is Cc1cccc(F)c1Nc1c(C#N)c(C)nn1C. The third-order valence-corrected chi connectivity index (χ3v) is 2.80. The summed E-state index contributed by atoms with van der Waals surface area (Å²) in [6, 6.07) is 6.91. The molecule has 2 aromatic rings. The van der Waals surface area contributed by atoms with Gasteiger partial charge in [0.2, 0.25) is 0 Å². The second-order valence-corrected chi connectivity index (χ2v) is 4.10. The van der Waals surface area contributed by atoms with E-state index in [-0.39, 0.29) is 5.82 Å². The lowest BCUT2D eigenvalue weighted by Crippen LogP contribution is -2.03. The number of nitrogens with one attached hydrogen (secondary N) is 1. The Kier molecular flexibility index (Phi) is 3.02. The predicted octanol–water partition coefficient (Wildman–Crippen LogP) is 2.79. The summed E-state index contributed by atoms with van der Waals surface area (Å²) in [5.74, 6) is 0.154. The van der Waals surface area contributed by atoms with E-state index in [1.807, 2.05) is 0 Å². The molecule has 1 heterocycles. The molecule has 0 aliphatic rings. The highest BCUT2D eigenvalue weighted by Crippen LogP contribution is 2.26. The maximum atomic E-state index is 13.7. The summed E-state index contributed by atoms with van der Waals surface area (Å²) in [5.41, 5.74) is 2.20. The molecule has 18 heavy (non-hydrogen) atoms. The molecule has 0 saturated carbocycles. The maximum Gasteiger partial charge on any atom is 0.146 e. The second kappa shape index (κ2) is 4.49. The quantitative estimate of drug-likeness (QED) is 0.883. The molecule has 1 N–H and O–H groups in total. The number of aryl methyl sites for hydroxylation is 3. The van der Waals surface area contributed by atoms with E-state index >= 15 is 0 Å². The van der Waals surface area contributed by atoms with E-state index in [1.165, 1.54) is 6.07 Å². The number of halogens is 1. The summed E-state index contributed by atoms with van der Waals surface area (Å²) in [7, 11) is 1.71. The van der Waals surface area contributed by atoms with Gasteiger partial charge in [-0.2, -0.15) is 10.4 Å². The van der Waals surface area contributed by atoms with Crippen molar-refractivity contribution in [2.45, 2.75) is 13.8 Å². The van der Waals surface area contributed by atoms with E-state index in [9.17, 15) is 4.39 Å². The number of nitrogens with zero attached hydrogens (tertiary/aromatic N) is 3. The normalized spacial score (nSPS) is 10.2. The van der Waals surface area contributed by atoms with Crippen LogP contribution in [0.1, 0.15) is 16.8 Å². The van der Waals surface area contributed by atoms with Crippen molar-refractivity contribution in [2.24, 2.45) is 7.05 Å². The standard InChI is InChI=1S/C13H13FN4/c1-8-5-4-6-11(14)12(8)16-13-10(7-15)9(2)17-18(13)3/h4-6,16H,1-3H3. The van der Waals surface area contributed by atoms with Gasteiger partial charge in [-0.25, -0.2) is 4.39 Å². The highest BCUT2D eigenvalue weighted by molar-refractivity contribution is 5.67. The van der Waals surface area contributed by atoms with Gasteiger partial charge >= 0.3 is 0 Å². The topological polar surface area (TPSA) is 53.6 Å². The average molecular weight is 244 g/mol. The number of para-hydroxylation sites is 1. The van der Waals surface area contributed by atoms with Crippen LogP contribution in [0.15, 0.2) is 18.2 Å². The fourth-order valence-electron chi connectivity index (χ4n) is 1.84. The van der Waals surface area contributed by atoms with Gasteiger partial charge < -0.3 is 5.32 Å². The van der Waals surface area contributed by atoms with Crippen LogP contribution in [0.25, 0.3) is 0 Å². The summed E-state index contributed by atoms with van der Waals surface area (Å²) >= 11 is 0. The van der Waals surface area contributed by atoms with Crippen LogP contribution < -0.4 is 5.32 Å². The molecule has 92 valence electrons. The number of aromatic nitrogens is 2. The number of benzene rings is 1. The number of nitriles is 1. The zero-order chi connectivity index (χ0) is 13.3. The van der Waals surface area contributed by atoms with Gasteiger partial charge in [0.15, 0.2) is 0 Å². The molecule has 0 aliphatic heterocycles. The minimum atomic E-state index is -0.349. The Morgan fingerprint density at radius 1 is 1.39 bits per heavy atom. The van der Waals surface area contributed by atoms with Crippen LogP contribution in [0.5, 0.6) is 0 Å². The molecule has 5 heteroatoms. The van der Waals surface area contributed by atoms with E-state index in [1.54, 1.807) is 37.7 Å². The molecule has 0 bridgehead atoms. The number of hydrogen-bond acceptors (Lipinski definition) is 3. The van der Waals surface area contributed by atoms with Crippen molar-refractivity contribution in [1.29, 1.82) is 5.26 Å². The fourth-order valence-corrected chi connectivity index (χ4v) is 1.84. The monoisotopic (exact) mass is 244 g/mol. The van der Waals surface area contributed by atoms with Gasteiger partial charge in [0.25, 0.3) is 0 Å². The van der Waals surface area contributed by atoms with Crippen LogP contribution in [-0.2, 0) is 7.05 Å². The average Bonchev–Trinajstić information content (AvgIpc) is 2.58. The van der Waals surface area contributed by atoms with Gasteiger partial charge in [-0.1, -0.05) is 12.1 Å². The molecule has 1 aromatic heterocycles. The number of hydrogen-bond donors (Lipinski definition) is 1. The van der Waals surface area contributed by atoms with E-state index in [0.717, 1.165) is 5.56 Å². The highest BCUT2D eigenvalue weighted by Gasteiger charge is 2.15. The Labute approximate surface area is 105 Å². The smallest absolute Gasteiger partial charge is 0.146 e. The first kappa shape index (κ1) is 12.1. The van der Waals surface area contributed by atoms with Gasteiger partial charge in [-0.15, -0.1) is 0 Å². The molecule has 4 nitrogen and oxygen atoms in total. The fraction of sp³-hybridized carbons (Fsp3) is 0.231. The molecule has 0 radical (unpaired) electrons. The van der Waals surface area contributed by atoms with Crippen LogP contribution in [0.4, 0.5) is 15.9 Å². The molecular formula is C13H13FN4. The van der Waals surface area contributed by atoms with Gasteiger partial charge in [0.1, 0.15) is 23.3 Å². The van der Waals surface area contributed by atoms with Gasteiger partial charge in [0.05, 0.1) is 11.4 Å². The molecular weight excluding hydrogens is 231 g/mol. The number of anilines is 2. The molecule has 0 atom stereocenters. The summed E-state index contributed by atoms with van der Waals surface area (Å²) in [6.45, 7) is 3.55. The molecule has 0 amide bonds. The van der Waals surface area contributed by atoms with E-state index in [0.29, 0.717) is 22.8 Å². The van der Waals surface area contributed by atoms with Crippen LogP contribution >= 0.6 is 0 Å². The summed E-state index contributed by atoms with van der Waals surface area (Å²) in [6.07, 6.45) is 0. The zero-order valence-corrected chi connectivity index (χ0v) is 10.5. The Balaban J connectivity index is 2.50. The lowest BCUT2D eigenvalue weighted by atomic mass is 10.2. The van der Waals surface area contributed by atoms with Crippen molar-refractivity contribution in [3.63, 3.8) is 0 Å². The van der Waals surface area contributed by atoms with Crippen molar-refractivity contribution in [2.75, 3.05) is 5.32 Å². The van der Waals surface area contributed by atoms with Gasteiger partial charge in [-0.05, 0) is 25.5 Å². The first-order valence-electron chi connectivity index (χ1n) is 5.50. The third-order valence-electron chi connectivity index (χ3n) is 2.80. The van der Waals surface area contributed by atoms with Gasteiger partial charge in [0, 0.05) is 7.05 Å². The molecule has 2 rings (SSSR count). The lowest BCUT2D eigenvalue weighted by Gasteiger charge is -2.10. The van der Waals surface area contributed by atoms with E-state index < -0.39 is 0 Å². The maximum absolute atomic E-state index is 13.7. The third kappa shape index (κ3) is 1.93. The van der Waals surface area contributed by atoms with Gasteiger partial charge in [-0.3, -0.25) is 4.68 Å². The Hall–Kier alpha value is -2.35. The molecule has 0 unspecified atom stereocenters. The van der Waals surface area contributed by atoms with Crippen molar-refractivity contribution >= 4 is 11.5 Å². The number of rotatable bonds is 2. The molecule has 0 aliphatic carbocycles. The Bertz CT molecular complexity index is 617. The van der Waals surface area contributed by atoms with Crippen molar-refractivity contribution in [1.82, 2.24) is 9.78 Å².